The van der Waals surface area contributed by atoms with Crippen LogP contribution in [0.5, 0.6) is 0 Å². The first-order chi connectivity index (χ1) is 11.6. The van der Waals surface area contributed by atoms with E-state index in [-0.39, 0.29) is 5.92 Å². The number of benzene rings is 2. The second kappa shape index (κ2) is 8.81. The van der Waals surface area contributed by atoms with Crippen LogP contribution in [0.1, 0.15) is 34.6 Å². The van der Waals surface area contributed by atoms with Gasteiger partial charge in [0.1, 0.15) is 0 Å². The Bertz CT molecular complexity index is 598. The summed E-state index contributed by atoms with van der Waals surface area (Å²) >= 11 is 0. The molecule has 2 aromatic carbocycles. The predicted molar refractivity (Wildman–Crippen MR) is 84.5 cm³/mol. The summed E-state index contributed by atoms with van der Waals surface area (Å²) in [7, 11) is 0. The summed E-state index contributed by atoms with van der Waals surface area (Å²) < 4.78 is 0. The largest absolute Gasteiger partial charge is 0.373 e. The summed E-state index contributed by atoms with van der Waals surface area (Å²) in [6, 6.07) is 16.7. The Morgan fingerprint density at radius 1 is 0.708 bits per heavy atom. The molecule has 2 aromatic rings. The predicted octanol–water partition coefficient (Wildman–Crippen LogP) is 3.55. The van der Waals surface area contributed by atoms with E-state index in [1.165, 1.54) is 0 Å². The van der Waals surface area contributed by atoms with Crippen molar-refractivity contribution < 1.29 is 29.1 Å². The summed E-state index contributed by atoms with van der Waals surface area (Å²) in [5.41, 5.74) is 0.669. The Balaban J connectivity index is 1.86. The Hall–Kier alpha value is -2.70. The minimum Gasteiger partial charge on any atom is -0.290 e. The Morgan fingerprint density at radius 2 is 1.08 bits per heavy atom. The van der Waals surface area contributed by atoms with Gasteiger partial charge >= 0.3 is 11.9 Å². The Kier molecular flexibility index (Phi) is 6.48. The molecule has 2 rings (SSSR count). The highest BCUT2D eigenvalue weighted by Gasteiger charge is 2.22. The van der Waals surface area contributed by atoms with Gasteiger partial charge in [-0.25, -0.2) is 9.59 Å². The first kappa shape index (κ1) is 17.7. The monoisotopic (exact) mass is 330 g/mol. The van der Waals surface area contributed by atoms with Crippen LogP contribution in [0.4, 0.5) is 0 Å². The minimum absolute atomic E-state index is 0.225. The molecule has 24 heavy (non-hydrogen) atoms. The summed E-state index contributed by atoms with van der Waals surface area (Å²) in [6.45, 7) is 3.52. The molecular formula is C18H18O6. The van der Waals surface area contributed by atoms with Gasteiger partial charge in [-0.3, -0.25) is 9.78 Å². The lowest BCUT2D eigenvalue weighted by molar-refractivity contribution is -0.430. The van der Waals surface area contributed by atoms with Crippen molar-refractivity contribution in [1.29, 1.82) is 0 Å². The van der Waals surface area contributed by atoms with Crippen LogP contribution in [0.15, 0.2) is 60.7 Å². The fourth-order valence-corrected chi connectivity index (χ4v) is 1.67. The highest BCUT2D eigenvalue weighted by molar-refractivity contribution is 5.89. The van der Waals surface area contributed by atoms with E-state index >= 15 is 0 Å². The number of hydrogen-bond donors (Lipinski definition) is 0. The van der Waals surface area contributed by atoms with Gasteiger partial charge in [0.15, 0.2) is 0 Å². The van der Waals surface area contributed by atoms with Gasteiger partial charge in [0.2, 0.25) is 6.29 Å². The number of carbonyl (C=O) groups excluding carboxylic acids is 2. The van der Waals surface area contributed by atoms with Crippen molar-refractivity contribution in [1.82, 2.24) is 0 Å². The van der Waals surface area contributed by atoms with Crippen LogP contribution in [0.2, 0.25) is 0 Å². The van der Waals surface area contributed by atoms with Crippen molar-refractivity contribution in [2.24, 2.45) is 5.92 Å². The molecule has 0 heterocycles. The maximum absolute atomic E-state index is 11.8. The van der Waals surface area contributed by atoms with Crippen LogP contribution in [-0.2, 0) is 19.6 Å². The van der Waals surface area contributed by atoms with E-state index in [2.05, 4.69) is 0 Å². The molecule has 0 aliphatic carbocycles. The van der Waals surface area contributed by atoms with E-state index in [9.17, 15) is 9.59 Å². The van der Waals surface area contributed by atoms with Crippen LogP contribution in [0.3, 0.4) is 0 Å². The van der Waals surface area contributed by atoms with E-state index in [1.54, 1.807) is 74.5 Å². The molecule has 0 aromatic heterocycles. The van der Waals surface area contributed by atoms with E-state index in [4.69, 9.17) is 19.6 Å². The van der Waals surface area contributed by atoms with E-state index < -0.39 is 18.2 Å². The molecule has 0 radical (unpaired) electrons. The summed E-state index contributed by atoms with van der Waals surface area (Å²) in [5, 5.41) is 0. The second-order valence-electron chi connectivity index (χ2n) is 5.28. The highest BCUT2D eigenvalue weighted by atomic mass is 17.3. The Morgan fingerprint density at radius 3 is 1.42 bits per heavy atom. The molecular weight excluding hydrogens is 312 g/mol. The van der Waals surface area contributed by atoms with Crippen molar-refractivity contribution in [3.8, 4) is 0 Å². The number of rotatable bonds is 7. The van der Waals surface area contributed by atoms with Crippen LogP contribution in [0.25, 0.3) is 0 Å². The summed E-state index contributed by atoms with van der Waals surface area (Å²) in [6.07, 6.45) is -1.05. The Labute approximate surface area is 139 Å². The van der Waals surface area contributed by atoms with E-state index in [0.717, 1.165) is 0 Å². The van der Waals surface area contributed by atoms with Crippen LogP contribution in [-0.4, -0.2) is 18.2 Å². The van der Waals surface area contributed by atoms with Crippen LogP contribution < -0.4 is 0 Å². The summed E-state index contributed by atoms with van der Waals surface area (Å²) in [5.74, 6) is -1.56. The van der Waals surface area contributed by atoms with Gasteiger partial charge in [0.25, 0.3) is 0 Å². The zero-order chi connectivity index (χ0) is 17.4. The van der Waals surface area contributed by atoms with Crippen molar-refractivity contribution in [3.63, 3.8) is 0 Å². The third-order valence-corrected chi connectivity index (χ3v) is 3.00. The molecule has 0 atom stereocenters. The lowest BCUT2D eigenvalue weighted by Gasteiger charge is -2.17. The van der Waals surface area contributed by atoms with Gasteiger partial charge in [-0.15, -0.1) is 9.78 Å². The van der Waals surface area contributed by atoms with Crippen molar-refractivity contribution >= 4 is 11.9 Å². The zero-order valence-corrected chi connectivity index (χ0v) is 13.4. The van der Waals surface area contributed by atoms with Gasteiger partial charge in [-0.05, 0) is 24.3 Å². The van der Waals surface area contributed by atoms with E-state index in [1.807, 2.05) is 0 Å². The standard InChI is InChI=1S/C18H18O6/c1-13(2)18(23-21-16(19)14-9-5-3-6-10-14)24-22-17(20)15-11-7-4-8-12-15/h3-13,18H,1-2H3. The van der Waals surface area contributed by atoms with Crippen molar-refractivity contribution in [2.75, 3.05) is 0 Å². The molecule has 0 amide bonds. The fraction of sp³-hybridized carbons (Fsp3) is 0.222. The summed E-state index contributed by atoms with van der Waals surface area (Å²) in [4.78, 5) is 43.0. The smallest absolute Gasteiger partial charge is 0.290 e. The van der Waals surface area contributed by atoms with Crippen LogP contribution >= 0.6 is 0 Å². The molecule has 0 bridgehead atoms. The topological polar surface area (TPSA) is 71.1 Å². The third-order valence-electron chi connectivity index (χ3n) is 3.00. The van der Waals surface area contributed by atoms with Crippen molar-refractivity contribution in [3.05, 3.63) is 71.8 Å². The van der Waals surface area contributed by atoms with Crippen molar-refractivity contribution in [2.45, 2.75) is 20.1 Å². The molecule has 0 spiro atoms. The molecule has 0 aliphatic heterocycles. The molecule has 0 unspecified atom stereocenters. The lowest BCUT2D eigenvalue weighted by atomic mass is 10.2. The molecule has 0 saturated carbocycles. The average molecular weight is 330 g/mol. The molecule has 6 nitrogen and oxygen atoms in total. The molecule has 6 heteroatoms. The van der Waals surface area contributed by atoms with Gasteiger partial charge in [-0.1, -0.05) is 50.2 Å². The maximum atomic E-state index is 11.8. The molecule has 0 N–H and O–H groups in total. The average Bonchev–Trinajstić information content (AvgIpc) is 2.62. The second-order valence-corrected chi connectivity index (χ2v) is 5.28. The quantitative estimate of drug-likeness (QED) is 0.439. The van der Waals surface area contributed by atoms with Gasteiger partial charge in [0, 0.05) is 5.92 Å². The van der Waals surface area contributed by atoms with E-state index in [0.29, 0.717) is 11.1 Å². The van der Waals surface area contributed by atoms with Gasteiger partial charge in [0.05, 0.1) is 11.1 Å². The number of hydrogen-bond acceptors (Lipinski definition) is 6. The zero-order valence-electron chi connectivity index (χ0n) is 13.4. The molecule has 126 valence electrons. The first-order valence-electron chi connectivity index (χ1n) is 7.43. The lowest BCUT2D eigenvalue weighted by Crippen LogP contribution is -2.26. The molecule has 0 fully saturated rings. The van der Waals surface area contributed by atoms with Gasteiger partial charge in [-0.2, -0.15) is 0 Å². The minimum atomic E-state index is -1.05. The molecule has 0 aliphatic rings. The number of carbonyl (C=O) groups is 2. The van der Waals surface area contributed by atoms with Gasteiger partial charge < -0.3 is 0 Å². The normalized spacial score (nSPS) is 10.7. The van der Waals surface area contributed by atoms with Crippen LogP contribution in [0, 0.1) is 5.92 Å². The molecule has 0 saturated heterocycles. The highest BCUT2D eigenvalue weighted by Crippen LogP contribution is 2.12. The first-order valence-corrected chi connectivity index (χ1v) is 7.43. The fourth-order valence-electron chi connectivity index (χ4n) is 1.67. The SMILES string of the molecule is CC(C)C(OOC(=O)c1ccccc1)OOC(=O)c1ccccc1. The maximum Gasteiger partial charge on any atom is 0.373 e. The third kappa shape index (κ3) is 5.19.